The number of hydrogen-bond donors (Lipinski definition) is 0. The second-order valence-corrected chi connectivity index (χ2v) is 12.1. The minimum absolute atomic E-state index is 0.589. The van der Waals surface area contributed by atoms with Gasteiger partial charge in [0.2, 0.25) is 5.95 Å². The van der Waals surface area contributed by atoms with Crippen molar-refractivity contribution in [3.63, 3.8) is 0 Å². The number of benzene rings is 7. The molecule has 0 N–H and O–H groups in total. The Labute approximate surface area is 276 Å². The van der Waals surface area contributed by atoms with Gasteiger partial charge in [0.1, 0.15) is 0 Å². The molecule has 48 heavy (non-hydrogen) atoms. The summed E-state index contributed by atoms with van der Waals surface area (Å²) in [6.45, 7) is 0. The maximum atomic E-state index is 5.14. The van der Waals surface area contributed by atoms with E-state index in [4.69, 9.17) is 15.0 Å². The van der Waals surface area contributed by atoms with Gasteiger partial charge in [-0.05, 0) is 35.7 Å². The molecule has 0 spiro atoms. The molecule has 5 heteroatoms. The predicted octanol–water partition coefficient (Wildman–Crippen LogP) is 10.6. The first-order chi connectivity index (χ1) is 23.8. The average Bonchev–Trinajstić information content (AvgIpc) is 3.68. The van der Waals surface area contributed by atoms with E-state index in [9.17, 15) is 0 Å². The molecule has 0 radical (unpaired) electrons. The molecule has 0 saturated carbocycles. The van der Waals surface area contributed by atoms with Crippen LogP contribution in [0.15, 0.2) is 164 Å². The molecule has 0 amide bonds. The third kappa shape index (κ3) is 3.94. The second-order valence-electron chi connectivity index (χ2n) is 12.1. The number of rotatable bonds is 4. The van der Waals surface area contributed by atoms with Gasteiger partial charge in [-0.2, -0.15) is 9.97 Å². The van der Waals surface area contributed by atoms with Crippen LogP contribution in [-0.2, 0) is 0 Å². The minimum Gasteiger partial charge on any atom is -0.309 e. The summed E-state index contributed by atoms with van der Waals surface area (Å²) in [5.74, 6) is 1.86. The summed E-state index contributed by atoms with van der Waals surface area (Å²) in [6.07, 6.45) is 0. The number of aromatic nitrogens is 5. The number of nitrogens with zero attached hydrogens (tertiary/aromatic N) is 5. The predicted molar refractivity (Wildman–Crippen MR) is 197 cm³/mol. The fraction of sp³-hybridized carbons (Fsp3) is 0. The van der Waals surface area contributed by atoms with Crippen molar-refractivity contribution in [1.82, 2.24) is 24.1 Å². The van der Waals surface area contributed by atoms with Gasteiger partial charge in [-0.15, -0.1) is 0 Å². The first kappa shape index (κ1) is 26.6. The van der Waals surface area contributed by atoms with E-state index in [-0.39, 0.29) is 0 Å². The monoisotopic (exact) mass is 613 g/mol. The molecule has 0 unspecified atom stereocenters. The van der Waals surface area contributed by atoms with Crippen molar-refractivity contribution < 1.29 is 0 Å². The smallest absolute Gasteiger partial charge is 0.238 e. The Bertz CT molecular complexity index is 2770. The van der Waals surface area contributed by atoms with E-state index in [1.807, 2.05) is 60.7 Å². The molecule has 0 saturated heterocycles. The van der Waals surface area contributed by atoms with E-state index in [0.29, 0.717) is 17.6 Å². The SMILES string of the molecule is c1ccc(-c2nc(-c3ccccc3)nc(-n3c4ccccc4c4c5c6ccccc6n(-c6cccc7ccccc67)c5ccc43)n2)cc1. The summed E-state index contributed by atoms with van der Waals surface area (Å²) in [4.78, 5) is 15.2. The lowest BCUT2D eigenvalue weighted by molar-refractivity contribution is 0.953. The lowest BCUT2D eigenvalue weighted by Crippen LogP contribution is -2.06. The molecule has 0 aliphatic heterocycles. The topological polar surface area (TPSA) is 48.5 Å². The first-order valence-electron chi connectivity index (χ1n) is 16.1. The zero-order chi connectivity index (χ0) is 31.6. The molecule has 0 aliphatic rings. The zero-order valence-corrected chi connectivity index (χ0v) is 25.8. The Kier molecular flexibility index (Phi) is 5.81. The Balaban J connectivity index is 1.33. The van der Waals surface area contributed by atoms with Gasteiger partial charge in [0.15, 0.2) is 11.6 Å². The quantitative estimate of drug-likeness (QED) is 0.198. The van der Waals surface area contributed by atoms with Crippen LogP contribution >= 0.6 is 0 Å². The van der Waals surface area contributed by atoms with Crippen LogP contribution < -0.4 is 0 Å². The number of para-hydroxylation sites is 2. The highest BCUT2D eigenvalue weighted by molar-refractivity contribution is 6.29. The average molecular weight is 614 g/mol. The van der Waals surface area contributed by atoms with Gasteiger partial charge in [-0.3, -0.25) is 4.57 Å². The van der Waals surface area contributed by atoms with Gasteiger partial charge in [-0.25, -0.2) is 4.98 Å². The third-order valence-corrected chi connectivity index (χ3v) is 9.37. The number of fused-ring (bicyclic) bond motifs is 8. The zero-order valence-electron chi connectivity index (χ0n) is 25.8. The van der Waals surface area contributed by atoms with Crippen LogP contribution in [0.3, 0.4) is 0 Å². The fourth-order valence-corrected chi connectivity index (χ4v) is 7.29. The van der Waals surface area contributed by atoms with Gasteiger partial charge < -0.3 is 4.57 Å². The largest absolute Gasteiger partial charge is 0.309 e. The number of hydrogen-bond acceptors (Lipinski definition) is 3. The molecule has 224 valence electrons. The van der Waals surface area contributed by atoms with Crippen LogP contribution in [0.4, 0.5) is 0 Å². The second kappa shape index (κ2) is 10.5. The first-order valence-corrected chi connectivity index (χ1v) is 16.1. The maximum Gasteiger partial charge on any atom is 0.238 e. The van der Waals surface area contributed by atoms with Crippen LogP contribution in [0.2, 0.25) is 0 Å². The molecule has 0 bridgehead atoms. The Morgan fingerprint density at radius 3 is 1.44 bits per heavy atom. The van der Waals surface area contributed by atoms with E-state index in [1.165, 1.54) is 38.1 Å². The third-order valence-electron chi connectivity index (χ3n) is 9.37. The van der Waals surface area contributed by atoms with Crippen molar-refractivity contribution in [2.24, 2.45) is 0 Å². The molecular formula is C43H27N5. The van der Waals surface area contributed by atoms with Crippen molar-refractivity contribution in [1.29, 1.82) is 0 Å². The Hall–Kier alpha value is -6.59. The van der Waals surface area contributed by atoms with Crippen molar-refractivity contribution in [2.75, 3.05) is 0 Å². The van der Waals surface area contributed by atoms with E-state index >= 15 is 0 Å². The van der Waals surface area contributed by atoms with Crippen molar-refractivity contribution >= 4 is 54.4 Å². The van der Waals surface area contributed by atoms with Gasteiger partial charge in [0.25, 0.3) is 0 Å². The summed E-state index contributed by atoms with van der Waals surface area (Å²) in [7, 11) is 0. The Morgan fingerprint density at radius 2 is 0.812 bits per heavy atom. The molecule has 7 aromatic carbocycles. The summed E-state index contributed by atoms with van der Waals surface area (Å²) in [6, 6.07) is 57.3. The normalized spacial score (nSPS) is 11.8. The molecule has 0 aliphatic carbocycles. The van der Waals surface area contributed by atoms with Crippen LogP contribution in [0, 0.1) is 0 Å². The van der Waals surface area contributed by atoms with E-state index in [2.05, 4.69) is 112 Å². The molecule has 5 nitrogen and oxygen atoms in total. The van der Waals surface area contributed by atoms with E-state index in [0.717, 1.165) is 33.1 Å². The highest BCUT2D eigenvalue weighted by Gasteiger charge is 2.22. The molecule has 10 rings (SSSR count). The molecule has 0 atom stereocenters. The molecule has 10 aromatic rings. The fourth-order valence-electron chi connectivity index (χ4n) is 7.29. The van der Waals surface area contributed by atoms with Crippen LogP contribution in [0.5, 0.6) is 0 Å². The summed E-state index contributed by atoms with van der Waals surface area (Å²) in [5.41, 5.74) is 7.48. The standard InChI is InChI=1S/C43H27N5/c1-3-15-29(16-4-1)41-44-42(30-17-5-2-6-18-30)46-43(45-41)48-36-24-12-10-22-33(36)40-38(48)27-26-37-39(40)32-21-9-11-23-35(32)47(37)34-25-13-19-28-14-7-8-20-31(28)34/h1-27H. The highest BCUT2D eigenvalue weighted by atomic mass is 15.2. The Morgan fingerprint density at radius 1 is 0.333 bits per heavy atom. The van der Waals surface area contributed by atoms with Crippen LogP contribution in [0.1, 0.15) is 0 Å². The maximum absolute atomic E-state index is 5.14. The van der Waals surface area contributed by atoms with Crippen molar-refractivity contribution in [2.45, 2.75) is 0 Å². The lowest BCUT2D eigenvalue weighted by Gasteiger charge is -2.12. The van der Waals surface area contributed by atoms with Crippen molar-refractivity contribution in [3.8, 4) is 34.4 Å². The van der Waals surface area contributed by atoms with E-state index < -0.39 is 0 Å². The molecular weight excluding hydrogens is 587 g/mol. The molecule has 3 heterocycles. The van der Waals surface area contributed by atoms with Gasteiger partial charge in [-0.1, -0.05) is 133 Å². The van der Waals surface area contributed by atoms with Crippen LogP contribution in [0.25, 0.3) is 88.8 Å². The molecule has 3 aromatic heterocycles. The van der Waals surface area contributed by atoms with Gasteiger partial charge >= 0.3 is 0 Å². The minimum atomic E-state index is 0.589. The lowest BCUT2D eigenvalue weighted by atomic mass is 10.1. The summed E-state index contributed by atoms with van der Waals surface area (Å²) in [5, 5.41) is 7.20. The van der Waals surface area contributed by atoms with Crippen LogP contribution in [-0.4, -0.2) is 24.1 Å². The van der Waals surface area contributed by atoms with E-state index in [1.54, 1.807) is 0 Å². The summed E-state index contributed by atoms with van der Waals surface area (Å²) < 4.78 is 4.62. The van der Waals surface area contributed by atoms with Crippen molar-refractivity contribution in [3.05, 3.63) is 164 Å². The summed E-state index contributed by atoms with van der Waals surface area (Å²) >= 11 is 0. The van der Waals surface area contributed by atoms with Gasteiger partial charge in [0, 0.05) is 38.1 Å². The highest BCUT2D eigenvalue weighted by Crippen LogP contribution is 2.42. The molecule has 0 fully saturated rings. The van der Waals surface area contributed by atoms with Gasteiger partial charge in [0.05, 0.1) is 27.8 Å².